The molecule has 0 spiro atoms. The summed E-state index contributed by atoms with van der Waals surface area (Å²) in [5, 5.41) is 24.1. The molecule has 4 aromatic rings. The number of benzene rings is 2. The van der Waals surface area contributed by atoms with Crippen molar-refractivity contribution < 1.29 is 0 Å². The second-order valence-corrected chi connectivity index (χ2v) is 9.85. The molecule has 10 nitrogen and oxygen atoms in total. The Morgan fingerprint density at radius 1 is 0.700 bits per heavy atom. The topological polar surface area (TPSA) is 99.4 Å². The lowest BCUT2D eigenvalue weighted by Crippen LogP contribution is -2.39. The van der Waals surface area contributed by atoms with Gasteiger partial charge in [0.25, 0.3) is 11.9 Å². The smallest absolute Gasteiger partial charge is 0.266 e. The Hall–Kier alpha value is -4.70. The van der Waals surface area contributed by atoms with E-state index in [1.54, 1.807) is 11.3 Å². The average molecular weight is 553 g/mol. The van der Waals surface area contributed by atoms with Crippen LogP contribution in [0, 0.1) is 13.8 Å². The number of hydrogen-bond acceptors (Lipinski definition) is 10. The van der Waals surface area contributed by atoms with Crippen molar-refractivity contribution in [1.29, 1.82) is 0 Å². The number of halogens is 1. The molecule has 202 valence electrons. The van der Waals surface area contributed by atoms with Crippen LogP contribution in [0.3, 0.4) is 0 Å². The van der Waals surface area contributed by atoms with Crippen molar-refractivity contribution in [3.63, 3.8) is 0 Å². The minimum Gasteiger partial charge on any atom is -0.378 e. The zero-order valence-corrected chi connectivity index (χ0v) is 23.5. The number of nitrogens with zero attached hydrogens (tertiary/aromatic N) is 10. The number of aryl methyl sites for hydroxylation is 2. The first-order valence-corrected chi connectivity index (χ1v) is 13.1. The maximum Gasteiger partial charge on any atom is 0.266 e. The lowest BCUT2D eigenvalue weighted by Gasteiger charge is -2.27. The van der Waals surface area contributed by atoms with Gasteiger partial charge in [-0.05, 0) is 61.4 Å². The number of hydrogen-bond donors (Lipinski definition) is 0. The quantitative estimate of drug-likeness (QED) is 0.313. The van der Waals surface area contributed by atoms with Crippen LogP contribution in [0.25, 0.3) is 24.3 Å². The Morgan fingerprint density at radius 3 is 1.80 bits per heavy atom. The van der Waals surface area contributed by atoms with Crippen LogP contribution in [0.15, 0.2) is 53.6 Å². The zero-order valence-electron chi connectivity index (χ0n) is 22.8. The van der Waals surface area contributed by atoms with Crippen molar-refractivity contribution >= 4 is 59.8 Å². The van der Waals surface area contributed by atoms with Gasteiger partial charge in [-0.3, -0.25) is 4.90 Å². The highest BCUT2D eigenvalue weighted by Gasteiger charge is 2.20. The third-order valence-corrected chi connectivity index (χ3v) is 6.53. The van der Waals surface area contributed by atoms with E-state index in [9.17, 15) is 0 Å². The van der Waals surface area contributed by atoms with Crippen molar-refractivity contribution in [2.45, 2.75) is 13.8 Å². The molecule has 0 saturated heterocycles. The monoisotopic (exact) mass is 552 g/mol. The van der Waals surface area contributed by atoms with Gasteiger partial charge in [-0.15, -0.1) is 20.4 Å². The summed E-state index contributed by atoms with van der Waals surface area (Å²) < 4.78 is 0. The molecule has 2 aromatic carbocycles. The third kappa shape index (κ3) is 6.47. The number of anilines is 3. The van der Waals surface area contributed by atoms with Gasteiger partial charge in [0.1, 0.15) is 6.34 Å². The molecule has 0 aliphatic carbocycles. The summed E-state index contributed by atoms with van der Waals surface area (Å²) in [5.74, 6) is 0.898. The molecule has 11 heteroatoms. The van der Waals surface area contributed by atoms with Gasteiger partial charge >= 0.3 is 0 Å². The van der Waals surface area contributed by atoms with Crippen LogP contribution < -0.4 is 14.8 Å². The van der Waals surface area contributed by atoms with Gasteiger partial charge < -0.3 is 4.90 Å². The summed E-state index contributed by atoms with van der Waals surface area (Å²) in [7, 11) is 4.04. The van der Waals surface area contributed by atoms with Crippen LogP contribution in [-0.4, -0.2) is 63.9 Å². The Kier molecular flexibility index (Phi) is 8.07. The van der Waals surface area contributed by atoms with E-state index in [0.29, 0.717) is 30.0 Å². The normalized spacial score (nSPS) is 13.5. The fourth-order valence-electron chi connectivity index (χ4n) is 3.86. The predicted molar refractivity (Wildman–Crippen MR) is 162 cm³/mol. The number of aromatic nitrogens is 6. The van der Waals surface area contributed by atoms with Crippen LogP contribution in [0.1, 0.15) is 33.9 Å². The summed E-state index contributed by atoms with van der Waals surface area (Å²) in [6.45, 7) is 4.88. The van der Waals surface area contributed by atoms with Crippen molar-refractivity contribution in [3.05, 3.63) is 87.5 Å². The number of rotatable bonds is 7. The minimum atomic E-state index is 0.429. The summed E-state index contributed by atoms with van der Waals surface area (Å²) in [4.78, 5) is 13.3. The van der Waals surface area contributed by atoms with E-state index in [4.69, 9.17) is 21.6 Å². The van der Waals surface area contributed by atoms with Gasteiger partial charge in [0.15, 0.2) is 0 Å². The molecular formula is C29H29ClN10. The highest BCUT2D eigenvalue weighted by Crippen LogP contribution is 2.19. The molecule has 0 radical (unpaired) electrons. The van der Waals surface area contributed by atoms with E-state index in [0.717, 1.165) is 39.6 Å². The summed E-state index contributed by atoms with van der Waals surface area (Å²) in [5.41, 5.74) is 6.18. The van der Waals surface area contributed by atoms with E-state index in [-0.39, 0.29) is 0 Å². The van der Waals surface area contributed by atoms with E-state index in [1.807, 2.05) is 81.4 Å². The van der Waals surface area contributed by atoms with Gasteiger partial charge in [-0.1, -0.05) is 48.0 Å². The Labute approximate surface area is 238 Å². The van der Waals surface area contributed by atoms with Crippen LogP contribution in [0.2, 0.25) is 5.02 Å². The fraction of sp³-hybridized carbons (Fsp3) is 0.207. The minimum absolute atomic E-state index is 0.429. The molecule has 40 heavy (non-hydrogen) atoms. The molecule has 0 N–H and O–H groups in total. The molecule has 0 bridgehead atoms. The second-order valence-electron chi connectivity index (χ2n) is 9.42. The maximum absolute atomic E-state index is 5.98. The van der Waals surface area contributed by atoms with E-state index < -0.39 is 0 Å². The molecule has 3 heterocycles. The SMILES string of the molecule is Cc1nnc(N2C=NN(c3nnc(C)c(/C=C/c4ccc(N(C)C)cc4)n3)CC2)nc1/C=C/c1ccc(Cl)cc1. The van der Waals surface area contributed by atoms with E-state index >= 15 is 0 Å². The number of hydrazone groups is 1. The van der Waals surface area contributed by atoms with Gasteiger partial charge in [0.05, 0.1) is 29.3 Å². The standard InChI is InChI=1S/C29H29ClN10/c1-20-26(15-9-22-5-11-24(30)12-6-22)32-28(36-34-20)39-17-18-40(31-19-39)29-33-27(21(2)35-37-29)16-10-23-7-13-25(14-8-23)38(3)4/h5-16,19H,17-18H2,1-4H3/b15-9+,16-10+. The molecule has 0 amide bonds. The summed E-state index contributed by atoms with van der Waals surface area (Å²) in [6, 6.07) is 15.9. The molecule has 5 rings (SSSR count). The summed E-state index contributed by atoms with van der Waals surface area (Å²) in [6.07, 6.45) is 9.51. The molecule has 0 atom stereocenters. The first-order chi connectivity index (χ1) is 19.4. The van der Waals surface area contributed by atoms with E-state index in [1.165, 1.54) is 0 Å². The molecule has 0 unspecified atom stereocenters. The fourth-order valence-corrected chi connectivity index (χ4v) is 3.99. The summed E-state index contributed by atoms with van der Waals surface area (Å²) >= 11 is 5.98. The first kappa shape index (κ1) is 26.9. The van der Waals surface area contributed by atoms with E-state index in [2.05, 4.69) is 54.7 Å². The van der Waals surface area contributed by atoms with Crippen molar-refractivity contribution in [2.24, 2.45) is 5.10 Å². The molecule has 1 aliphatic rings. The van der Waals surface area contributed by atoms with Gasteiger partial charge in [0, 0.05) is 31.4 Å². The van der Waals surface area contributed by atoms with Crippen molar-refractivity contribution in [3.8, 4) is 0 Å². The lowest BCUT2D eigenvalue weighted by atomic mass is 10.1. The van der Waals surface area contributed by atoms with Crippen LogP contribution in [0.4, 0.5) is 17.6 Å². The lowest BCUT2D eigenvalue weighted by molar-refractivity contribution is 0.730. The van der Waals surface area contributed by atoms with Crippen LogP contribution in [-0.2, 0) is 0 Å². The first-order valence-electron chi connectivity index (χ1n) is 12.8. The highest BCUT2D eigenvalue weighted by atomic mass is 35.5. The Morgan fingerprint density at radius 2 is 1.25 bits per heavy atom. The van der Waals surface area contributed by atoms with Gasteiger partial charge in [0.2, 0.25) is 0 Å². The zero-order chi connectivity index (χ0) is 28.1. The maximum atomic E-state index is 5.98. The largest absolute Gasteiger partial charge is 0.378 e. The second kappa shape index (κ2) is 12.0. The van der Waals surface area contributed by atoms with Crippen molar-refractivity contribution in [1.82, 2.24) is 30.4 Å². The molecule has 0 saturated carbocycles. The van der Waals surface area contributed by atoms with Crippen molar-refractivity contribution in [2.75, 3.05) is 42.0 Å². The predicted octanol–water partition coefficient (Wildman–Crippen LogP) is 5.00. The van der Waals surface area contributed by atoms with Crippen LogP contribution >= 0.6 is 11.6 Å². The molecule has 1 aliphatic heterocycles. The third-order valence-electron chi connectivity index (χ3n) is 6.28. The Bertz CT molecular complexity index is 1560. The highest BCUT2D eigenvalue weighted by molar-refractivity contribution is 6.30. The molecular weight excluding hydrogens is 524 g/mol. The average Bonchev–Trinajstić information content (AvgIpc) is 2.97. The van der Waals surface area contributed by atoms with Gasteiger partial charge in [-0.2, -0.15) is 5.10 Å². The van der Waals surface area contributed by atoms with Gasteiger partial charge in [-0.25, -0.2) is 15.0 Å². The van der Waals surface area contributed by atoms with Crippen LogP contribution in [0.5, 0.6) is 0 Å². The Balaban J connectivity index is 1.28. The molecule has 2 aromatic heterocycles. The molecule has 0 fully saturated rings.